The number of hydrogen-bond donors (Lipinski definition) is 1. The molecular formula is C33H43N5O3Si. The van der Waals surface area contributed by atoms with Gasteiger partial charge < -0.3 is 19.6 Å². The van der Waals surface area contributed by atoms with Crippen molar-refractivity contribution in [3.05, 3.63) is 66.1 Å². The van der Waals surface area contributed by atoms with Gasteiger partial charge in [0.25, 0.3) is 0 Å². The molecule has 2 N–H and O–H groups in total. The Hall–Kier alpha value is -3.85. The van der Waals surface area contributed by atoms with Gasteiger partial charge in [-0.1, -0.05) is 27.7 Å². The van der Waals surface area contributed by atoms with Crippen molar-refractivity contribution in [3.63, 3.8) is 0 Å². The second-order valence-corrected chi connectivity index (χ2v) is 17.3. The fourth-order valence-corrected chi connectivity index (χ4v) is 6.02. The Morgan fingerprint density at radius 3 is 2.48 bits per heavy atom. The molecule has 3 heterocycles. The van der Waals surface area contributed by atoms with Crippen LogP contribution < -0.4 is 19.6 Å². The minimum absolute atomic E-state index is 0.116. The van der Waals surface area contributed by atoms with E-state index in [1.165, 1.54) is 0 Å². The Balaban J connectivity index is 1.53. The number of aliphatic imine (C=N–C) groups is 1. The van der Waals surface area contributed by atoms with Gasteiger partial charge >= 0.3 is 0 Å². The summed E-state index contributed by atoms with van der Waals surface area (Å²) < 4.78 is 20.3. The van der Waals surface area contributed by atoms with Crippen molar-refractivity contribution in [1.82, 2.24) is 14.6 Å². The monoisotopic (exact) mass is 585 g/mol. The van der Waals surface area contributed by atoms with E-state index >= 15 is 0 Å². The number of pyridine rings is 1. The van der Waals surface area contributed by atoms with Gasteiger partial charge in [0.1, 0.15) is 17.1 Å². The Labute approximate surface area is 250 Å². The normalized spacial score (nSPS) is 14.9. The third-order valence-electron chi connectivity index (χ3n) is 8.58. The summed E-state index contributed by atoms with van der Waals surface area (Å²) in [7, 11) is -0.350. The fraction of sp³-hybridized carbons (Fsp3) is 0.424. The van der Waals surface area contributed by atoms with Gasteiger partial charge in [0.2, 0.25) is 14.2 Å². The first-order valence-electron chi connectivity index (χ1n) is 14.8. The van der Waals surface area contributed by atoms with Gasteiger partial charge in [0.05, 0.1) is 30.7 Å². The van der Waals surface area contributed by atoms with Crippen molar-refractivity contribution < 1.29 is 13.9 Å². The van der Waals surface area contributed by atoms with Gasteiger partial charge in [-0.3, -0.25) is 0 Å². The molecule has 1 aromatic carbocycles. The van der Waals surface area contributed by atoms with Crippen molar-refractivity contribution in [3.8, 4) is 28.5 Å². The number of aromatic nitrogens is 3. The van der Waals surface area contributed by atoms with E-state index in [0.717, 1.165) is 65.7 Å². The number of hydrogen-bond acceptors (Lipinski definition) is 6. The molecule has 9 heteroatoms. The molecule has 0 radical (unpaired) electrons. The summed E-state index contributed by atoms with van der Waals surface area (Å²) in [6, 6.07) is 12.0. The highest BCUT2D eigenvalue weighted by Gasteiger charge is 2.39. The Morgan fingerprint density at radius 1 is 1.07 bits per heavy atom. The molecule has 222 valence electrons. The molecular weight excluding hydrogens is 542 g/mol. The molecule has 8 nitrogen and oxygen atoms in total. The minimum Gasteiger partial charge on any atom is -0.543 e. The highest BCUT2D eigenvalue weighted by atomic mass is 28.4. The van der Waals surface area contributed by atoms with E-state index in [1.54, 1.807) is 19.5 Å². The van der Waals surface area contributed by atoms with Crippen LogP contribution in [-0.4, -0.2) is 42.0 Å². The highest BCUT2D eigenvalue weighted by Crippen LogP contribution is 2.39. The molecule has 1 saturated carbocycles. The standard InChI is InChI=1S/C33H43N5O3Si/c1-8-22-17-26(41-42(6,7)33(2,3)4)14-15-28(22)37-32(34)27-20-36-38-21-24(23-13-16-30(39-5)35-19-23)18-29(38)31(27)40-25-11-9-10-12-25/h13-21,25H,8-12H2,1-7H3,(H2,34,37). The SMILES string of the molecule is CCc1cc(O[Si](C)(C)C(C)(C)C)ccc1N=C(N)c1cnn2cc(-c3ccc(OC)nc3)cc2c1OC1CCCC1. The van der Waals surface area contributed by atoms with E-state index in [0.29, 0.717) is 23.0 Å². The van der Waals surface area contributed by atoms with Gasteiger partial charge in [-0.2, -0.15) is 5.10 Å². The summed E-state index contributed by atoms with van der Waals surface area (Å²) in [5.41, 5.74) is 12.1. The molecule has 0 amide bonds. The van der Waals surface area contributed by atoms with Crippen LogP contribution in [0.4, 0.5) is 5.69 Å². The van der Waals surface area contributed by atoms with E-state index in [-0.39, 0.29) is 11.1 Å². The lowest BCUT2D eigenvalue weighted by molar-refractivity contribution is 0.211. The van der Waals surface area contributed by atoms with Crippen LogP contribution in [-0.2, 0) is 6.42 Å². The van der Waals surface area contributed by atoms with Gasteiger partial charge in [-0.15, -0.1) is 0 Å². The number of nitrogens with two attached hydrogens (primary N) is 1. The maximum atomic E-state index is 6.74. The number of fused-ring (bicyclic) bond motifs is 1. The van der Waals surface area contributed by atoms with Crippen LogP contribution in [0.2, 0.25) is 18.1 Å². The quantitative estimate of drug-likeness (QED) is 0.123. The number of rotatable bonds is 9. The second kappa shape index (κ2) is 11.8. The van der Waals surface area contributed by atoms with Crippen LogP contribution in [0.5, 0.6) is 17.4 Å². The first-order valence-corrected chi connectivity index (χ1v) is 17.7. The van der Waals surface area contributed by atoms with Gasteiger partial charge in [0, 0.05) is 29.6 Å². The van der Waals surface area contributed by atoms with E-state index < -0.39 is 8.32 Å². The zero-order chi connectivity index (χ0) is 30.1. The summed E-state index contributed by atoms with van der Waals surface area (Å²) in [6.07, 6.45) is 10.9. The largest absolute Gasteiger partial charge is 0.543 e. The van der Waals surface area contributed by atoms with E-state index in [2.05, 4.69) is 57.9 Å². The molecule has 42 heavy (non-hydrogen) atoms. The molecule has 0 atom stereocenters. The molecule has 0 saturated heterocycles. The second-order valence-electron chi connectivity index (χ2n) is 12.6. The van der Waals surface area contributed by atoms with Crippen molar-refractivity contribution in [2.75, 3.05) is 7.11 Å². The predicted molar refractivity (Wildman–Crippen MR) is 172 cm³/mol. The highest BCUT2D eigenvalue weighted by molar-refractivity contribution is 6.74. The maximum absolute atomic E-state index is 6.74. The van der Waals surface area contributed by atoms with Crippen molar-refractivity contribution in [1.29, 1.82) is 0 Å². The summed E-state index contributed by atoms with van der Waals surface area (Å²) in [5.74, 6) is 2.54. The molecule has 0 unspecified atom stereocenters. The molecule has 0 aliphatic heterocycles. The molecule has 4 aromatic rings. The third-order valence-corrected chi connectivity index (χ3v) is 12.9. The van der Waals surface area contributed by atoms with Crippen LogP contribution >= 0.6 is 0 Å². The summed E-state index contributed by atoms with van der Waals surface area (Å²) >= 11 is 0. The van der Waals surface area contributed by atoms with Gasteiger partial charge in [-0.05, 0) is 86.1 Å². The maximum Gasteiger partial charge on any atom is 0.250 e. The number of nitrogens with zero attached hydrogens (tertiary/aromatic N) is 4. The zero-order valence-corrected chi connectivity index (χ0v) is 26.9. The minimum atomic E-state index is -1.96. The van der Waals surface area contributed by atoms with Crippen LogP contribution in [0.1, 0.15) is 64.5 Å². The number of ether oxygens (including phenoxy) is 2. The van der Waals surface area contributed by atoms with Gasteiger partial charge in [-0.25, -0.2) is 14.5 Å². The van der Waals surface area contributed by atoms with E-state index in [1.807, 2.05) is 35.0 Å². The molecule has 3 aromatic heterocycles. The smallest absolute Gasteiger partial charge is 0.250 e. The van der Waals surface area contributed by atoms with Crippen molar-refractivity contribution in [2.45, 2.75) is 84.0 Å². The van der Waals surface area contributed by atoms with Crippen LogP contribution in [0.25, 0.3) is 16.6 Å². The average Bonchev–Trinajstić information content (AvgIpc) is 3.63. The van der Waals surface area contributed by atoms with Gasteiger partial charge in [0.15, 0.2) is 5.75 Å². The fourth-order valence-electron chi connectivity index (χ4n) is 5.00. The summed E-state index contributed by atoms with van der Waals surface area (Å²) in [4.78, 5) is 9.28. The molecule has 5 rings (SSSR count). The van der Waals surface area contributed by atoms with E-state index in [4.69, 9.17) is 29.7 Å². The predicted octanol–water partition coefficient (Wildman–Crippen LogP) is 7.71. The number of methoxy groups -OCH3 is 1. The number of benzene rings is 1. The van der Waals surface area contributed by atoms with Crippen molar-refractivity contribution in [2.24, 2.45) is 10.7 Å². The topological polar surface area (TPSA) is 96.3 Å². The Bertz CT molecular complexity index is 1580. The molecule has 0 spiro atoms. The average molecular weight is 586 g/mol. The molecule has 0 bridgehead atoms. The lowest BCUT2D eigenvalue weighted by Gasteiger charge is -2.36. The summed E-state index contributed by atoms with van der Waals surface area (Å²) in [6.45, 7) is 13.4. The zero-order valence-electron chi connectivity index (χ0n) is 25.9. The van der Waals surface area contributed by atoms with Crippen LogP contribution in [0.15, 0.2) is 60.0 Å². The van der Waals surface area contributed by atoms with Crippen LogP contribution in [0.3, 0.4) is 0 Å². The third kappa shape index (κ3) is 6.16. The first kappa shape index (κ1) is 29.6. The molecule has 1 fully saturated rings. The number of amidine groups is 1. The Kier molecular flexibility index (Phi) is 8.32. The first-order chi connectivity index (χ1) is 20.0. The molecule has 1 aliphatic rings. The molecule has 1 aliphatic carbocycles. The Morgan fingerprint density at radius 2 is 1.83 bits per heavy atom. The van der Waals surface area contributed by atoms with Crippen LogP contribution in [0, 0.1) is 0 Å². The van der Waals surface area contributed by atoms with Crippen molar-refractivity contribution >= 4 is 25.4 Å². The lowest BCUT2D eigenvalue weighted by Crippen LogP contribution is -2.43. The lowest BCUT2D eigenvalue weighted by atomic mass is 10.1. The number of aryl methyl sites for hydroxylation is 1. The van der Waals surface area contributed by atoms with E-state index in [9.17, 15) is 0 Å². The summed E-state index contributed by atoms with van der Waals surface area (Å²) in [5, 5.41) is 4.81.